The van der Waals surface area contributed by atoms with Gasteiger partial charge in [-0.15, -0.1) is 0 Å². The summed E-state index contributed by atoms with van der Waals surface area (Å²) in [5, 5.41) is 0. The average Bonchev–Trinajstić information content (AvgIpc) is 2.69. The fraction of sp³-hybridized carbons (Fsp3) is 0.364. The Bertz CT molecular complexity index is 866. The maximum Gasteiger partial charge on any atom is 0.246 e. The van der Waals surface area contributed by atoms with E-state index in [1.165, 1.54) is 0 Å². The summed E-state index contributed by atoms with van der Waals surface area (Å²) in [6, 6.07) is 14.9. The number of benzene rings is 2. The van der Waals surface area contributed by atoms with Crippen molar-refractivity contribution in [2.45, 2.75) is 13.0 Å². The first-order valence-electron chi connectivity index (χ1n) is 9.38. The van der Waals surface area contributed by atoms with Crippen molar-refractivity contribution in [3.8, 4) is 5.75 Å². The van der Waals surface area contributed by atoms with Crippen molar-refractivity contribution in [3.63, 3.8) is 0 Å². The molecule has 0 aromatic heterocycles. The predicted molar refractivity (Wildman–Crippen MR) is 110 cm³/mol. The highest BCUT2D eigenvalue weighted by Gasteiger charge is 2.34. The number of anilines is 1. The van der Waals surface area contributed by atoms with E-state index in [2.05, 4.69) is 0 Å². The lowest BCUT2D eigenvalue weighted by molar-refractivity contribution is -0.141. The van der Waals surface area contributed by atoms with Crippen molar-refractivity contribution in [3.05, 3.63) is 59.7 Å². The highest BCUT2D eigenvalue weighted by Crippen LogP contribution is 2.30. The number of methoxy groups -OCH3 is 1. The number of carbonyl (C=O) groups is 2. The maximum atomic E-state index is 13.3. The lowest BCUT2D eigenvalue weighted by atomic mass is 9.99. The van der Waals surface area contributed by atoms with Crippen LogP contribution in [-0.4, -0.2) is 62.5 Å². The van der Waals surface area contributed by atoms with Gasteiger partial charge in [0.2, 0.25) is 11.8 Å². The minimum absolute atomic E-state index is 0.0488. The molecule has 1 fully saturated rings. The average molecular weight is 381 g/mol. The number of carbonyl (C=O) groups excluding carboxylic acids is 2. The molecule has 2 aromatic carbocycles. The van der Waals surface area contributed by atoms with Crippen LogP contribution in [-0.2, 0) is 9.59 Å². The van der Waals surface area contributed by atoms with Crippen molar-refractivity contribution >= 4 is 17.5 Å². The third kappa shape index (κ3) is 3.87. The molecule has 0 aliphatic carbocycles. The molecular formula is C22H27N3O3. The van der Waals surface area contributed by atoms with Crippen molar-refractivity contribution in [2.24, 2.45) is 0 Å². The largest absolute Gasteiger partial charge is 0.495 e. The summed E-state index contributed by atoms with van der Waals surface area (Å²) in [5.74, 6) is 0.500. The number of amides is 2. The number of aryl methyl sites for hydroxylation is 1. The van der Waals surface area contributed by atoms with Gasteiger partial charge in [0.15, 0.2) is 0 Å². The monoisotopic (exact) mass is 381 g/mol. The van der Waals surface area contributed by atoms with E-state index in [-0.39, 0.29) is 18.4 Å². The zero-order chi connectivity index (χ0) is 20.3. The normalized spacial score (nSPS) is 15.7. The van der Waals surface area contributed by atoms with Gasteiger partial charge in [-0.3, -0.25) is 14.5 Å². The molecule has 1 aliphatic heterocycles. The number of likely N-dealkylation sites (N-methyl/N-ethyl adjacent to an activating group) is 1. The van der Waals surface area contributed by atoms with Gasteiger partial charge in [-0.2, -0.15) is 0 Å². The summed E-state index contributed by atoms with van der Waals surface area (Å²) in [7, 11) is 5.37. The summed E-state index contributed by atoms with van der Waals surface area (Å²) in [4.78, 5) is 31.4. The molecule has 0 spiro atoms. The van der Waals surface area contributed by atoms with Gasteiger partial charge < -0.3 is 14.5 Å². The van der Waals surface area contributed by atoms with Crippen LogP contribution in [0.3, 0.4) is 0 Å². The first-order valence-corrected chi connectivity index (χ1v) is 9.38. The molecule has 1 unspecified atom stereocenters. The van der Waals surface area contributed by atoms with Gasteiger partial charge in [-0.1, -0.05) is 36.4 Å². The Hall–Kier alpha value is -2.86. The molecular weight excluding hydrogens is 354 g/mol. The summed E-state index contributed by atoms with van der Waals surface area (Å²) in [6.07, 6.45) is 0. The number of rotatable bonds is 5. The zero-order valence-corrected chi connectivity index (χ0v) is 16.9. The molecule has 0 saturated carbocycles. The maximum absolute atomic E-state index is 13.3. The Morgan fingerprint density at radius 1 is 1.07 bits per heavy atom. The molecule has 1 saturated heterocycles. The van der Waals surface area contributed by atoms with Gasteiger partial charge in [0.1, 0.15) is 18.3 Å². The van der Waals surface area contributed by atoms with Crippen LogP contribution in [0.2, 0.25) is 0 Å². The summed E-state index contributed by atoms with van der Waals surface area (Å²) >= 11 is 0. The molecule has 1 aliphatic rings. The molecule has 0 bridgehead atoms. The predicted octanol–water partition coefficient (Wildman–Crippen LogP) is 2.48. The minimum atomic E-state index is -0.410. The van der Waals surface area contributed by atoms with E-state index >= 15 is 0 Å². The van der Waals surface area contributed by atoms with E-state index < -0.39 is 6.04 Å². The SMILES string of the molecule is COc1ccccc1N1CCN(C(=O)C(c2ccccc2C)N(C)C)CC1=O. The number of hydrogen-bond acceptors (Lipinski definition) is 4. The molecule has 3 rings (SSSR count). The lowest BCUT2D eigenvalue weighted by Crippen LogP contribution is -2.54. The van der Waals surface area contributed by atoms with Crippen LogP contribution in [0.15, 0.2) is 48.5 Å². The Balaban J connectivity index is 1.80. The fourth-order valence-electron chi connectivity index (χ4n) is 3.67. The van der Waals surface area contributed by atoms with Gasteiger partial charge in [-0.25, -0.2) is 0 Å². The molecule has 0 radical (unpaired) electrons. The van der Waals surface area contributed by atoms with Crippen molar-refractivity contribution in [1.82, 2.24) is 9.80 Å². The van der Waals surface area contributed by atoms with E-state index in [1.807, 2.05) is 74.4 Å². The zero-order valence-electron chi connectivity index (χ0n) is 16.9. The van der Waals surface area contributed by atoms with Gasteiger partial charge in [0.05, 0.1) is 12.8 Å². The second-order valence-corrected chi connectivity index (χ2v) is 7.20. The molecule has 1 heterocycles. The van der Waals surface area contributed by atoms with Crippen LogP contribution in [0.4, 0.5) is 5.69 Å². The van der Waals surface area contributed by atoms with Crippen LogP contribution in [0.25, 0.3) is 0 Å². The molecule has 6 heteroatoms. The summed E-state index contributed by atoms with van der Waals surface area (Å²) in [5.41, 5.74) is 2.77. The Labute approximate surface area is 166 Å². The van der Waals surface area contributed by atoms with Crippen LogP contribution < -0.4 is 9.64 Å². The van der Waals surface area contributed by atoms with E-state index in [0.717, 1.165) is 16.8 Å². The first-order chi connectivity index (χ1) is 13.4. The van der Waals surface area contributed by atoms with Crippen LogP contribution in [0, 0.1) is 6.92 Å². The number of nitrogens with zero attached hydrogens (tertiary/aromatic N) is 3. The highest BCUT2D eigenvalue weighted by atomic mass is 16.5. The molecule has 1 atom stereocenters. The van der Waals surface area contributed by atoms with Gasteiger partial charge in [0, 0.05) is 13.1 Å². The molecule has 2 amide bonds. The number of piperazine rings is 1. The van der Waals surface area contributed by atoms with Gasteiger partial charge in [0.25, 0.3) is 0 Å². The van der Waals surface area contributed by atoms with Gasteiger partial charge in [-0.05, 0) is 44.3 Å². The number of hydrogen-bond donors (Lipinski definition) is 0. The Morgan fingerprint density at radius 2 is 1.75 bits per heavy atom. The Kier molecular flexibility index (Phi) is 5.99. The van der Waals surface area contributed by atoms with E-state index in [1.54, 1.807) is 16.9 Å². The Morgan fingerprint density at radius 3 is 2.39 bits per heavy atom. The third-order valence-corrected chi connectivity index (χ3v) is 5.14. The topological polar surface area (TPSA) is 53.1 Å². The third-order valence-electron chi connectivity index (χ3n) is 5.14. The standard InChI is InChI=1S/C22H27N3O3/c1-16-9-5-6-10-17(16)21(23(2)3)22(27)24-13-14-25(20(26)15-24)18-11-7-8-12-19(18)28-4/h5-12,21H,13-15H2,1-4H3. The minimum Gasteiger partial charge on any atom is -0.495 e. The van der Waals surface area contributed by atoms with Crippen molar-refractivity contribution < 1.29 is 14.3 Å². The van der Waals surface area contributed by atoms with Crippen LogP contribution >= 0.6 is 0 Å². The van der Waals surface area contributed by atoms with E-state index in [9.17, 15) is 9.59 Å². The summed E-state index contributed by atoms with van der Waals surface area (Å²) < 4.78 is 5.38. The highest BCUT2D eigenvalue weighted by molar-refractivity contribution is 5.99. The van der Waals surface area contributed by atoms with Gasteiger partial charge >= 0.3 is 0 Å². The van der Waals surface area contributed by atoms with Crippen LogP contribution in [0.5, 0.6) is 5.75 Å². The summed E-state index contributed by atoms with van der Waals surface area (Å²) in [6.45, 7) is 2.99. The second kappa shape index (κ2) is 8.44. The fourth-order valence-corrected chi connectivity index (χ4v) is 3.67. The molecule has 148 valence electrons. The van der Waals surface area contributed by atoms with E-state index in [0.29, 0.717) is 18.8 Å². The first kappa shape index (κ1) is 19.9. The van der Waals surface area contributed by atoms with E-state index in [4.69, 9.17) is 4.74 Å². The molecule has 6 nitrogen and oxygen atoms in total. The quantitative estimate of drug-likeness (QED) is 0.799. The molecule has 0 N–H and O–H groups in total. The van der Waals surface area contributed by atoms with Crippen molar-refractivity contribution in [2.75, 3.05) is 45.7 Å². The lowest BCUT2D eigenvalue weighted by Gasteiger charge is -2.37. The second-order valence-electron chi connectivity index (χ2n) is 7.20. The molecule has 2 aromatic rings. The smallest absolute Gasteiger partial charge is 0.246 e. The molecule has 28 heavy (non-hydrogen) atoms. The van der Waals surface area contributed by atoms with Crippen LogP contribution in [0.1, 0.15) is 17.2 Å². The van der Waals surface area contributed by atoms with Crippen molar-refractivity contribution in [1.29, 1.82) is 0 Å². The number of ether oxygens (including phenoxy) is 1. The number of para-hydroxylation sites is 2.